The first-order valence-electron chi connectivity index (χ1n) is 6.15. The van der Waals surface area contributed by atoms with Crippen LogP contribution < -0.4 is 0 Å². The summed E-state index contributed by atoms with van der Waals surface area (Å²) < 4.78 is 10.5. The lowest BCUT2D eigenvalue weighted by molar-refractivity contribution is -0.139. The van der Waals surface area contributed by atoms with Crippen molar-refractivity contribution in [3.8, 4) is 0 Å². The molecule has 0 aliphatic rings. The van der Waals surface area contributed by atoms with Crippen LogP contribution in [0.1, 0.15) is 27.2 Å². The quantitative estimate of drug-likeness (QED) is 0.462. The number of aliphatic carboxylic acids is 1. The molecule has 0 aliphatic heterocycles. The summed E-state index contributed by atoms with van der Waals surface area (Å²) in [5.74, 6) is -1.48. The first kappa shape index (κ1) is 17.9. The second kappa shape index (κ2) is 6.86. The highest BCUT2D eigenvalue weighted by Gasteiger charge is 2.39. The number of carboxylic acid groups (broad SMARTS) is 1. The van der Waals surface area contributed by atoms with E-state index < -0.39 is 26.4 Å². The second-order valence-electron chi connectivity index (χ2n) is 5.90. The Labute approximate surface area is 115 Å². The number of methoxy groups -OCH3 is 1. The summed E-state index contributed by atoms with van der Waals surface area (Å²) in [6, 6.07) is 0. The molecule has 0 aliphatic carbocycles. The summed E-state index contributed by atoms with van der Waals surface area (Å²) in [6.07, 6.45) is 1.89. The van der Waals surface area contributed by atoms with Crippen molar-refractivity contribution in [3.05, 3.63) is 12.2 Å². The minimum absolute atomic E-state index is 0.0249. The van der Waals surface area contributed by atoms with Crippen molar-refractivity contribution < 1.29 is 23.9 Å². The summed E-state index contributed by atoms with van der Waals surface area (Å²) in [6.45, 7) is 10.3. The number of hydrogen-bond donors (Lipinski definition) is 1. The maximum Gasteiger partial charge on any atom is 0.330 e. The van der Waals surface area contributed by atoms with Crippen molar-refractivity contribution in [1.29, 1.82) is 0 Å². The first-order chi connectivity index (χ1) is 8.49. The summed E-state index contributed by atoms with van der Waals surface area (Å²) in [7, 11) is -0.812. The molecule has 0 aromatic rings. The van der Waals surface area contributed by atoms with Gasteiger partial charge in [0.2, 0.25) is 0 Å². The van der Waals surface area contributed by atoms with Crippen LogP contribution in [-0.2, 0) is 18.8 Å². The van der Waals surface area contributed by atoms with E-state index >= 15 is 0 Å². The van der Waals surface area contributed by atoms with Crippen LogP contribution in [0.15, 0.2) is 12.2 Å². The van der Waals surface area contributed by atoms with Crippen LogP contribution in [0.25, 0.3) is 0 Å². The standard InChI is InChI=1S/C13H24O5Si/c1-13(2,3)19(5,6)18-10(9-11(14)15)7-8-12(16)17-4/h7-8,10H,9H2,1-6H3,(H,14,15)/b8-7+/t10-/m1/s1. The fourth-order valence-electron chi connectivity index (χ4n) is 1.13. The lowest BCUT2D eigenvalue weighted by atomic mass is 10.2. The van der Waals surface area contributed by atoms with Gasteiger partial charge in [0.25, 0.3) is 0 Å². The third-order valence-corrected chi connectivity index (χ3v) is 7.78. The third-order valence-electron chi connectivity index (χ3n) is 3.28. The molecule has 19 heavy (non-hydrogen) atoms. The molecular weight excluding hydrogens is 264 g/mol. The van der Waals surface area contributed by atoms with Gasteiger partial charge >= 0.3 is 11.9 Å². The number of carbonyl (C=O) groups is 2. The molecule has 0 saturated heterocycles. The molecule has 0 fully saturated rings. The molecule has 0 bridgehead atoms. The summed E-state index contributed by atoms with van der Waals surface area (Å²) in [4.78, 5) is 21.9. The van der Waals surface area contributed by atoms with E-state index in [1.165, 1.54) is 19.3 Å². The Morgan fingerprint density at radius 1 is 1.32 bits per heavy atom. The van der Waals surface area contributed by atoms with Crippen molar-refractivity contribution in [3.63, 3.8) is 0 Å². The van der Waals surface area contributed by atoms with Crippen LogP contribution in [-0.4, -0.2) is 38.6 Å². The van der Waals surface area contributed by atoms with Gasteiger partial charge in [0, 0.05) is 6.08 Å². The highest BCUT2D eigenvalue weighted by atomic mass is 28.4. The average Bonchev–Trinajstić information content (AvgIpc) is 2.22. The Balaban J connectivity index is 4.92. The average molecular weight is 288 g/mol. The molecule has 1 atom stereocenters. The maximum absolute atomic E-state index is 11.1. The van der Waals surface area contributed by atoms with E-state index in [9.17, 15) is 9.59 Å². The Kier molecular flexibility index (Phi) is 6.45. The van der Waals surface area contributed by atoms with Crippen LogP contribution >= 0.6 is 0 Å². The van der Waals surface area contributed by atoms with Gasteiger partial charge < -0.3 is 14.3 Å². The summed E-state index contributed by atoms with van der Waals surface area (Å²) in [5, 5.41) is 8.87. The minimum atomic E-state index is -2.08. The van der Waals surface area contributed by atoms with Crippen molar-refractivity contribution in [2.24, 2.45) is 0 Å². The van der Waals surface area contributed by atoms with Crippen molar-refractivity contribution >= 4 is 20.3 Å². The van der Waals surface area contributed by atoms with E-state index in [0.717, 1.165) is 0 Å². The smallest absolute Gasteiger partial charge is 0.330 e. The molecule has 6 heteroatoms. The second-order valence-corrected chi connectivity index (χ2v) is 10.7. The molecule has 0 amide bonds. The number of hydrogen-bond acceptors (Lipinski definition) is 4. The van der Waals surface area contributed by atoms with Crippen molar-refractivity contribution in [1.82, 2.24) is 0 Å². The zero-order valence-corrected chi connectivity index (χ0v) is 13.5. The van der Waals surface area contributed by atoms with Gasteiger partial charge in [-0.1, -0.05) is 20.8 Å². The third kappa shape index (κ3) is 6.54. The van der Waals surface area contributed by atoms with Gasteiger partial charge in [-0.15, -0.1) is 0 Å². The van der Waals surface area contributed by atoms with Crippen LogP contribution in [0.5, 0.6) is 0 Å². The van der Waals surface area contributed by atoms with Gasteiger partial charge in [-0.2, -0.15) is 0 Å². The van der Waals surface area contributed by atoms with Crippen LogP contribution in [0.3, 0.4) is 0 Å². The van der Waals surface area contributed by atoms with Gasteiger partial charge in [-0.25, -0.2) is 4.79 Å². The van der Waals surface area contributed by atoms with Gasteiger partial charge in [-0.3, -0.25) is 4.79 Å². The van der Waals surface area contributed by atoms with E-state index in [4.69, 9.17) is 9.53 Å². The molecule has 1 N–H and O–H groups in total. The van der Waals surface area contributed by atoms with E-state index in [0.29, 0.717) is 0 Å². The Hall–Kier alpha value is -1.14. The molecule has 0 aromatic heterocycles. The number of esters is 1. The number of carboxylic acids is 1. The molecule has 0 unspecified atom stereocenters. The summed E-state index contributed by atoms with van der Waals surface area (Å²) >= 11 is 0. The van der Waals surface area contributed by atoms with E-state index in [1.807, 2.05) is 13.1 Å². The molecule has 5 nitrogen and oxygen atoms in total. The van der Waals surface area contributed by atoms with Gasteiger partial charge in [0.1, 0.15) is 0 Å². The normalized spacial score (nSPS) is 14.4. The SMILES string of the molecule is COC(=O)/C=C/[C@H](CC(=O)O)O[Si](C)(C)C(C)(C)C. The number of rotatable bonds is 6. The molecule has 0 radical (unpaired) electrons. The van der Waals surface area contributed by atoms with Crippen LogP contribution in [0, 0.1) is 0 Å². The number of ether oxygens (including phenoxy) is 1. The minimum Gasteiger partial charge on any atom is -0.481 e. The van der Waals surface area contributed by atoms with Crippen molar-refractivity contribution in [2.75, 3.05) is 7.11 Å². The molecule has 110 valence electrons. The van der Waals surface area contributed by atoms with E-state index in [-0.39, 0.29) is 11.5 Å². The highest BCUT2D eigenvalue weighted by Crippen LogP contribution is 2.37. The predicted octanol–water partition coefficient (Wildman–Crippen LogP) is 2.58. The lowest BCUT2D eigenvalue weighted by Gasteiger charge is -2.38. The first-order valence-corrected chi connectivity index (χ1v) is 9.06. The molecule has 0 aromatic carbocycles. The molecule has 0 spiro atoms. The fourth-order valence-corrected chi connectivity index (χ4v) is 2.40. The Morgan fingerprint density at radius 2 is 1.84 bits per heavy atom. The van der Waals surface area contributed by atoms with E-state index in [1.54, 1.807) is 0 Å². The lowest BCUT2D eigenvalue weighted by Crippen LogP contribution is -2.44. The topological polar surface area (TPSA) is 72.8 Å². The zero-order chi connectivity index (χ0) is 15.3. The van der Waals surface area contributed by atoms with Gasteiger partial charge in [0.15, 0.2) is 8.32 Å². The van der Waals surface area contributed by atoms with Crippen molar-refractivity contribution in [2.45, 2.75) is 51.4 Å². The van der Waals surface area contributed by atoms with Crippen LogP contribution in [0.2, 0.25) is 18.1 Å². The Morgan fingerprint density at radius 3 is 2.21 bits per heavy atom. The molecule has 0 rings (SSSR count). The highest BCUT2D eigenvalue weighted by molar-refractivity contribution is 6.74. The fraction of sp³-hybridized carbons (Fsp3) is 0.692. The largest absolute Gasteiger partial charge is 0.481 e. The predicted molar refractivity (Wildman–Crippen MR) is 75.5 cm³/mol. The molecule has 0 heterocycles. The summed E-state index contributed by atoms with van der Waals surface area (Å²) in [5.41, 5.74) is 0. The van der Waals surface area contributed by atoms with E-state index in [2.05, 4.69) is 25.5 Å². The van der Waals surface area contributed by atoms with Gasteiger partial charge in [0.05, 0.1) is 19.6 Å². The molecule has 0 saturated carbocycles. The molecular formula is C13H24O5Si. The van der Waals surface area contributed by atoms with Gasteiger partial charge in [-0.05, 0) is 24.2 Å². The van der Waals surface area contributed by atoms with Crippen LogP contribution in [0.4, 0.5) is 0 Å². The maximum atomic E-state index is 11.1. The Bertz CT molecular complexity index is 355. The number of carbonyl (C=O) groups excluding carboxylic acids is 1. The monoisotopic (exact) mass is 288 g/mol. The zero-order valence-electron chi connectivity index (χ0n) is 12.5.